The minimum atomic E-state index is 0.361. The Hall–Kier alpha value is -0.470. The summed E-state index contributed by atoms with van der Waals surface area (Å²) < 4.78 is 0. The lowest BCUT2D eigenvalue weighted by Gasteiger charge is -2.09. The van der Waals surface area contributed by atoms with Gasteiger partial charge in [-0.1, -0.05) is 23.2 Å². The van der Waals surface area contributed by atoms with Crippen molar-refractivity contribution in [2.45, 2.75) is 19.9 Å². The Morgan fingerprint density at radius 2 is 1.75 bits per heavy atom. The van der Waals surface area contributed by atoms with E-state index in [1.54, 1.807) is 12.1 Å². The number of hydrogen-bond donors (Lipinski definition) is 1. The third-order valence-electron chi connectivity index (χ3n) is 1.22. The predicted molar refractivity (Wildman–Crippen MR) is 53.0 cm³/mol. The lowest BCUT2D eigenvalue weighted by molar-refractivity contribution is 0.899. The van der Waals surface area contributed by atoms with Crippen molar-refractivity contribution >= 4 is 28.9 Å². The van der Waals surface area contributed by atoms with Crippen LogP contribution in [0.4, 0.5) is 5.69 Å². The normalized spacial score (nSPS) is 10.4. The Morgan fingerprint density at radius 1 is 1.25 bits per heavy atom. The molecule has 1 N–H and O–H groups in total. The second kappa shape index (κ2) is 3.97. The highest BCUT2D eigenvalue weighted by Gasteiger charge is 1.99. The van der Waals surface area contributed by atoms with Crippen LogP contribution >= 0.6 is 23.2 Å². The summed E-state index contributed by atoms with van der Waals surface area (Å²) in [5, 5.41) is 3.99. The fourth-order valence-corrected chi connectivity index (χ4v) is 1.34. The molecule has 0 spiro atoms. The van der Waals surface area contributed by atoms with Gasteiger partial charge in [0.2, 0.25) is 0 Å². The highest BCUT2D eigenvalue weighted by molar-refractivity contribution is 6.32. The smallest absolute Gasteiger partial charge is 0.132 e. The fourth-order valence-electron chi connectivity index (χ4n) is 0.882. The Balaban J connectivity index is 2.85. The van der Waals surface area contributed by atoms with E-state index in [0.29, 0.717) is 16.3 Å². The topological polar surface area (TPSA) is 24.9 Å². The molecule has 0 radical (unpaired) electrons. The van der Waals surface area contributed by atoms with Crippen LogP contribution in [0, 0.1) is 0 Å². The molecule has 0 saturated heterocycles. The number of anilines is 1. The predicted octanol–water partition coefficient (Wildman–Crippen LogP) is 3.21. The molecular weight excluding hydrogens is 195 g/mol. The van der Waals surface area contributed by atoms with Crippen molar-refractivity contribution in [1.82, 2.24) is 4.98 Å². The van der Waals surface area contributed by atoms with E-state index < -0.39 is 0 Å². The monoisotopic (exact) mass is 204 g/mol. The van der Waals surface area contributed by atoms with Gasteiger partial charge in [-0.05, 0) is 26.0 Å². The quantitative estimate of drug-likeness (QED) is 0.749. The molecule has 1 aromatic rings. The lowest BCUT2D eigenvalue weighted by atomic mass is 10.3. The number of nitrogens with one attached hydrogen (secondary N) is 1. The number of rotatable bonds is 2. The first-order chi connectivity index (χ1) is 5.58. The van der Waals surface area contributed by atoms with E-state index in [2.05, 4.69) is 10.3 Å². The van der Waals surface area contributed by atoms with E-state index in [4.69, 9.17) is 23.2 Å². The van der Waals surface area contributed by atoms with Crippen molar-refractivity contribution in [1.29, 1.82) is 0 Å². The van der Waals surface area contributed by atoms with Gasteiger partial charge in [-0.2, -0.15) is 0 Å². The van der Waals surface area contributed by atoms with Crippen molar-refractivity contribution < 1.29 is 0 Å². The minimum Gasteiger partial charge on any atom is -0.383 e. The van der Waals surface area contributed by atoms with Gasteiger partial charge >= 0.3 is 0 Å². The van der Waals surface area contributed by atoms with Crippen LogP contribution in [0.2, 0.25) is 10.3 Å². The first kappa shape index (κ1) is 9.62. The fraction of sp³-hybridized carbons (Fsp3) is 0.375. The maximum atomic E-state index is 5.70. The molecule has 0 aliphatic rings. The molecule has 4 heteroatoms. The third kappa shape index (κ3) is 2.88. The summed E-state index contributed by atoms with van der Waals surface area (Å²) in [5.41, 5.74) is 0.898. The SMILES string of the molecule is CC(C)Nc1cc(Cl)nc(Cl)c1. The zero-order valence-corrected chi connectivity index (χ0v) is 8.45. The number of aromatic nitrogens is 1. The van der Waals surface area contributed by atoms with Gasteiger partial charge in [-0.25, -0.2) is 4.98 Å². The maximum Gasteiger partial charge on any atom is 0.132 e. The van der Waals surface area contributed by atoms with Gasteiger partial charge in [0.15, 0.2) is 0 Å². The summed E-state index contributed by atoms with van der Waals surface area (Å²) in [6.45, 7) is 4.09. The van der Waals surface area contributed by atoms with Crippen LogP contribution in [0.5, 0.6) is 0 Å². The standard InChI is InChI=1S/C8H10Cl2N2/c1-5(2)11-6-3-7(9)12-8(10)4-6/h3-5H,1-2H3,(H,11,12). The molecule has 0 saturated carbocycles. The highest BCUT2D eigenvalue weighted by Crippen LogP contribution is 2.18. The van der Waals surface area contributed by atoms with Crippen LogP contribution in [0.25, 0.3) is 0 Å². The van der Waals surface area contributed by atoms with Crippen molar-refractivity contribution in [2.75, 3.05) is 5.32 Å². The number of pyridine rings is 1. The first-order valence-corrected chi connectivity index (χ1v) is 4.43. The van der Waals surface area contributed by atoms with Gasteiger partial charge in [0, 0.05) is 11.7 Å². The Kier molecular flexibility index (Phi) is 3.18. The van der Waals surface area contributed by atoms with Crippen LogP contribution < -0.4 is 5.32 Å². The summed E-state index contributed by atoms with van der Waals surface area (Å²) in [5.74, 6) is 0. The van der Waals surface area contributed by atoms with Crippen molar-refractivity contribution in [3.05, 3.63) is 22.4 Å². The van der Waals surface area contributed by atoms with Crippen LogP contribution in [-0.2, 0) is 0 Å². The maximum absolute atomic E-state index is 5.70. The van der Waals surface area contributed by atoms with Crippen molar-refractivity contribution in [2.24, 2.45) is 0 Å². The molecule has 1 heterocycles. The summed E-state index contributed by atoms with van der Waals surface area (Å²) >= 11 is 11.4. The summed E-state index contributed by atoms with van der Waals surface area (Å²) in [6, 6.07) is 3.85. The summed E-state index contributed by atoms with van der Waals surface area (Å²) in [4.78, 5) is 3.83. The largest absolute Gasteiger partial charge is 0.383 e. The molecular formula is C8H10Cl2N2. The Bertz CT molecular complexity index is 254. The zero-order valence-electron chi connectivity index (χ0n) is 6.94. The van der Waals surface area contributed by atoms with Gasteiger partial charge in [-0.3, -0.25) is 0 Å². The van der Waals surface area contributed by atoms with Gasteiger partial charge in [-0.15, -0.1) is 0 Å². The molecule has 0 fully saturated rings. The molecule has 0 atom stereocenters. The van der Waals surface area contributed by atoms with E-state index in [1.807, 2.05) is 13.8 Å². The van der Waals surface area contributed by atoms with Crippen LogP contribution in [0.15, 0.2) is 12.1 Å². The van der Waals surface area contributed by atoms with Gasteiger partial charge in [0.05, 0.1) is 0 Å². The van der Waals surface area contributed by atoms with Gasteiger partial charge in [0.25, 0.3) is 0 Å². The minimum absolute atomic E-state index is 0.361. The molecule has 12 heavy (non-hydrogen) atoms. The molecule has 66 valence electrons. The van der Waals surface area contributed by atoms with Crippen LogP contribution in [0.1, 0.15) is 13.8 Å². The summed E-state index contributed by atoms with van der Waals surface area (Å²) in [6.07, 6.45) is 0. The second-order valence-electron chi connectivity index (χ2n) is 2.80. The van der Waals surface area contributed by atoms with E-state index in [9.17, 15) is 0 Å². The molecule has 1 aromatic heterocycles. The summed E-state index contributed by atoms with van der Waals surface area (Å²) in [7, 11) is 0. The molecule has 0 aromatic carbocycles. The average Bonchev–Trinajstić information content (AvgIpc) is 1.81. The van der Waals surface area contributed by atoms with Crippen LogP contribution in [0.3, 0.4) is 0 Å². The van der Waals surface area contributed by atoms with E-state index in [1.165, 1.54) is 0 Å². The Morgan fingerprint density at radius 3 is 2.17 bits per heavy atom. The number of hydrogen-bond acceptors (Lipinski definition) is 2. The van der Waals surface area contributed by atoms with Crippen molar-refractivity contribution in [3.63, 3.8) is 0 Å². The molecule has 0 amide bonds. The van der Waals surface area contributed by atoms with E-state index in [-0.39, 0.29) is 0 Å². The average molecular weight is 205 g/mol. The van der Waals surface area contributed by atoms with E-state index in [0.717, 1.165) is 5.69 Å². The van der Waals surface area contributed by atoms with Gasteiger partial charge in [0.1, 0.15) is 10.3 Å². The molecule has 0 unspecified atom stereocenters. The first-order valence-electron chi connectivity index (χ1n) is 3.67. The highest BCUT2D eigenvalue weighted by atomic mass is 35.5. The molecule has 1 rings (SSSR count). The third-order valence-corrected chi connectivity index (χ3v) is 1.61. The molecule has 0 aliphatic heterocycles. The lowest BCUT2D eigenvalue weighted by Crippen LogP contribution is -2.09. The van der Waals surface area contributed by atoms with Gasteiger partial charge < -0.3 is 5.32 Å². The molecule has 2 nitrogen and oxygen atoms in total. The molecule has 0 bridgehead atoms. The second-order valence-corrected chi connectivity index (χ2v) is 3.57. The van der Waals surface area contributed by atoms with Crippen molar-refractivity contribution in [3.8, 4) is 0 Å². The zero-order chi connectivity index (χ0) is 9.14. The van der Waals surface area contributed by atoms with Crippen LogP contribution in [-0.4, -0.2) is 11.0 Å². The Labute approximate surface area is 81.9 Å². The van der Waals surface area contributed by atoms with E-state index >= 15 is 0 Å². The number of halogens is 2. The number of nitrogens with zero attached hydrogens (tertiary/aromatic N) is 1. The molecule has 0 aliphatic carbocycles.